The van der Waals surface area contributed by atoms with Crippen LogP contribution >= 0.6 is 0 Å². The third kappa shape index (κ3) is 10.0. The molecule has 4 rings (SSSR count). The molecule has 2 heterocycles. The first kappa shape index (κ1) is 33.4. The van der Waals surface area contributed by atoms with Gasteiger partial charge in [0.1, 0.15) is 29.9 Å². The fourth-order valence-electron chi connectivity index (χ4n) is 4.84. The van der Waals surface area contributed by atoms with Crippen LogP contribution < -0.4 is 32.3 Å². The fraction of sp³-hybridized carbons (Fsp3) is 0.400. The molecule has 4 atom stereocenters. The molecule has 4 unspecified atom stereocenters. The largest absolute Gasteiger partial charge is 0.469 e. The van der Waals surface area contributed by atoms with Crippen LogP contribution in [0.25, 0.3) is 0 Å². The minimum absolute atomic E-state index is 0.0824. The van der Waals surface area contributed by atoms with Crippen LogP contribution in [-0.4, -0.2) is 71.1 Å². The lowest BCUT2D eigenvalue weighted by atomic mass is 10.0. The quantitative estimate of drug-likeness (QED) is 0.158. The Labute approximate surface area is 263 Å². The Morgan fingerprint density at radius 3 is 2.04 bits per heavy atom. The molecule has 46 heavy (non-hydrogen) atoms. The number of carbonyl (C=O) groups excluding carboxylic acids is 6. The molecule has 0 saturated heterocycles. The van der Waals surface area contributed by atoms with Gasteiger partial charge in [0.25, 0.3) is 5.69 Å². The van der Waals surface area contributed by atoms with Crippen LogP contribution in [-0.2, 0) is 41.6 Å². The van der Waals surface area contributed by atoms with Gasteiger partial charge in [-0.1, -0.05) is 25.0 Å². The van der Waals surface area contributed by atoms with Crippen LogP contribution in [0.2, 0.25) is 0 Å². The molecular formula is C30H35N7O9. The number of carbonyl (C=O) groups is 6. The number of hydrogen-bond acceptors (Lipinski definition) is 9. The van der Waals surface area contributed by atoms with Gasteiger partial charge in [-0.15, -0.1) is 0 Å². The fourth-order valence-corrected chi connectivity index (χ4v) is 4.84. The summed E-state index contributed by atoms with van der Waals surface area (Å²) >= 11 is 0. The Hall–Kier alpha value is -5.54. The Balaban J connectivity index is 1.64. The molecule has 0 bridgehead atoms. The van der Waals surface area contributed by atoms with Crippen molar-refractivity contribution in [3.8, 4) is 0 Å². The zero-order valence-electron chi connectivity index (χ0n) is 24.7. The maximum atomic E-state index is 13.7. The number of nitrogens with one attached hydrogen (secondary N) is 5. The number of primary amides is 1. The standard InChI is InChI=1S/C30H35N7O9/c31-27(40)21-11-12-32-28(41)22(14-18-5-7-19(8-6-18)37(44)45)35-30(43)24(16-20-2-1-13-46-20)36-29(42)23(15-17-3-4-17)34-26(39)10-9-25(38)33-21/h1-2,5-10,13,17,21-24H,3-4,11-12,14-16H2,(H2,31,40)(H,32,41)(H,33,38)(H,34,39)(H,35,43)(H,36,42). The normalized spacial score (nSPS) is 23.5. The summed E-state index contributed by atoms with van der Waals surface area (Å²) in [6.45, 7) is -0.140. The minimum Gasteiger partial charge on any atom is -0.469 e. The van der Waals surface area contributed by atoms with Crippen molar-refractivity contribution >= 4 is 41.1 Å². The van der Waals surface area contributed by atoms with E-state index in [1.165, 1.54) is 30.5 Å². The monoisotopic (exact) mass is 637 g/mol. The zero-order valence-corrected chi connectivity index (χ0v) is 24.7. The molecule has 1 aliphatic carbocycles. The van der Waals surface area contributed by atoms with E-state index in [9.17, 15) is 38.9 Å². The number of nitrogens with zero attached hydrogens (tertiary/aromatic N) is 1. The average molecular weight is 638 g/mol. The van der Waals surface area contributed by atoms with Crippen LogP contribution in [0.5, 0.6) is 0 Å². The molecule has 1 aromatic carbocycles. The molecule has 16 heteroatoms. The van der Waals surface area contributed by atoms with E-state index in [0.717, 1.165) is 25.0 Å². The summed E-state index contributed by atoms with van der Waals surface area (Å²) in [5.41, 5.74) is 5.75. The topological polar surface area (TPSA) is 245 Å². The van der Waals surface area contributed by atoms with Gasteiger partial charge in [0.15, 0.2) is 0 Å². The number of hydrogen-bond donors (Lipinski definition) is 6. The SMILES string of the molecule is NC(=O)C1CCNC(=O)C(Cc2ccc([N+](=O)[O-])cc2)NC(=O)C(Cc2ccco2)NC(=O)C(CC2CC2)NC(=O)C=CC(=O)N1. The number of rotatable bonds is 8. The number of benzene rings is 1. The van der Waals surface area contributed by atoms with Crippen molar-refractivity contribution in [3.05, 3.63) is 76.3 Å². The van der Waals surface area contributed by atoms with E-state index >= 15 is 0 Å². The number of furan rings is 1. The van der Waals surface area contributed by atoms with Crippen LogP contribution in [0.4, 0.5) is 5.69 Å². The predicted octanol–water partition coefficient (Wildman–Crippen LogP) is -0.726. The smallest absolute Gasteiger partial charge is 0.269 e. The van der Waals surface area contributed by atoms with Crippen molar-refractivity contribution < 1.29 is 38.1 Å². The number of amides is 6. The van der Waals surface area contributed by atoms with Crippen molar-refractivity contribution in [2.45, 2.75) is 62.7 Å². The molecule has 7 N–H and O–H groups in total. The van der Waals surface area contributed by atoms with Crippen molar-refractivity contribution in [1.29, 1.82) is 0 Å². The average Bonchev–Trinajstić information content (AvgIpc) is 3.69. The van der Waals surface area contributed by atoms with E-state index in [4.69, 9.17) is 10.2 Å². The first-order chi connectivity index (χ1) is 22.0. The van der Waals surface area contributed by atoms with Crippen molar-refractivity contribution in [2.24, 2.45) is 11.7 Å². The predicted molar refractivity (Wildman–Crippen MR) is 160 cm³/mol. The third-order valence-electron chi connectivity index (χ3n) is 7.52. The number of nitro groups is 1. The number of non-ortho nitro benzene ring substituents is 1. The van der Waals surface area contributed by atoms with Crippen LogP contribution in [0.15, 0.2) is 59.2 Å². The molecule has 2 aromatic rings. The maximum Gasteiger partial charge on any atom is 0.269 e. The Morgan fingerprint density at radius 1 is 0.826 bits per heavy atom. The van der Waals surface area contributed by atoms with Gasteiger partial charge in [-0.25, -0.2) is 0 Å². The van der Waals surface area contributed by atoms with Gasteiger partial charge in [-0.3, -0.25) is 38.9 Å². The van der Waals surface area contributed by atoms with Gasteiger partial charge in [-0.05, 0) is 36.5 Å². The van der Waals surface area contributed by atoms with Gasteiger partial charge in [-0.2, -0.15) is 0 Å². The van der Waals surface area contributed by atoms with Crippen LogP contribution in [0.3, 0.4) is 0 Å². The highest BCUT2D eigenvalue weighted by Gasteiger charge is 2.34. The molecule has 0 radical (unpaired) electrons. The number of nitro benzene ring substituents is 1. The summed E-state index contributed by atoms with van der Waals surface area (Å²) in [6.07, 6.45) is 4.96. The lowest BCUT2D eigenvalue weighted by Gasteiger charge is -2.25. The summed E-state index contributed by atoms with van der Waals surface area (Å²) < 4.78 is 5.40. The van der Waals surface area contributed by atoms with E-state index in [0.29, 0.717) is 17.7 Å². The molecule has 2 aliphatic rings. The lowest BCUT2D eigenvalue weighted by Crippen LogP contribution is -2.58. The highest BCUT2D eigenvalue weighted by Crippen LogP contribution is 2.33. The minimum atomic E-state index is -1.23. The summed E-state index contributed by atoms with van der Waals surface area (Å²) in [5, 5.41) is 24.0. The van der Waals surface area contributed by atoms with Crippen molar-refractivity contribution in [3.63, 3.8) is 0 Å². The van der Waals surface area contributed by atoms with Gasteiger partial charge in [0.2, 0.25) is 35.4 Å². The van der Waals surface area contributed by atoms with E-state index in [1.54, 1.807) is 12.1 Å². The highest BCUT2D eigenvalue weighted by atomic mass is 16.6. The molecule has 1 saturated carbocycles. The summed E-state index contributed by atoms with van der Waals surface area (Å²) in [6, 6.07) is 3.94. The van der Waals surface area contributed by atoms with Crippen LogP contribution in [0.1, 0.15) is 37.0 Å². The summed E-state index contributed by atoms with van der Waals surface area (Å²) in [5.74, 6) is -3.91. The molecule has 16 nitrogen and oxygen atoms in total. The lowest BCUT2D eigenvalue weighted by molar-refractivity contribution is -0.384. The molecule has 1 fully saturated rings. The Morgan fingerprint density at radius 2 is 1.46 bits per heavy atom. The van der Waals surface area contributed by atoms with Gasteiger partial charge in [0, 0.05) is 43.7 Å². The molecule has 244 valence electrons. The third-order valence-corrected chi connectivity index (χ3v) is 7.52. The second kappa shape index (κ2) is 15.5. The van der Waals surface area contributed by atoms with Crippen molar-refractivity contribution in [1.82, 2.24) is 26.6 Å². The first-order valence-electron chi connectivity index (χ1n) is 14.7. The van der Waals surface area contributed by atoms with Gasteiger partial charge in [0.05, 0.1) is 11.2 Å². The van der Waals surface area contributed by atoms with E-state index in [2.05, 4.69) is 26.6 Å². The van der Waals surface area contributed by atoms with Crippen molar-refractivity contribution in [2.75, 3.05) is 6.54 Å². The highest BCUT2D eigenvalue weighted by molar-refractivity contribution is 6.00. The summed E-state index contributed by atoms with van der Waals surface area (Å²) in [7, 11) is 0. The second-order valence-electron chi connectivity index (χ2n) is 11.2. The summed E-state index contributed by atoms with van der Waals surface area (Å²) in [4.78, 5) is 88.2. The molecule has 1 aliphatic heterocycles. The maximum absolute atomic E-state index is 13.7. The second-order valence-corrected chi connectivity index (χ2v) is 11.2. The van der Waals surface area contributed by atoms with Crippen LogP contribution in [0, 0.1) is 16.0 Å². The molecule has 1 aromatic heterocycles. The first-order valence-corrected chi connectivity index (χ1v) is 14.7. The zero-order chi connectivity index (χ0) is 33.2. The molecular weight excluding hydrogens is 602 g/mol. The van der Waals surface area contributed by atoms with E-state index in [-0.39, 0.29) is 37.4 Å². The van der Waals surface area contributed by atoms with E-state index in [1.807, 2.05) is 0 Å². The number of nitrogens with two attached hydrogens (primary N) is 1. The molecule has 6 amide bonds. The Bertz CT molecular complexity index is 1490. The van der Waals surface area contributed by atoms with Gasteiger partial charge >= 0.3 is 0 Å². The Kier molecular flexibility index (Phi) is 11.2. The van der Waals surface area contributed by atoms with Gasteiger partial charge < -0.3 is 36.7 Å². The van der Waals surface area contributed by atoms with E-state index < -0.39 is 64.5 Å². The molecule has 0 spiro atoms.